The monoisotopic (exact) mass is 500 g/mol. The number of nitrogens with one attached hydrogen (secondary N) is 4. The number of morpholine rings is 1. The Hall–Kier alpha value is -4.57. The van der Waals surface area contributed by atoms with Crippen LogP contribution in [0.25, 0.3) is 0 Å². The zero-order valence-corrected chi connectivity index (χ0v) is 19.8. The van der Waals surface area contributed by atoms with Gasteiger partial charge >= 0.3 is 0 Å². The molecular weight excluding hydrogens is 475 g/mol. The van der Waals surface area contributed by atoms with E-state index in [0.717, 1.165) is 11.1 Å². The maximum absolute atomic E-state index is 14.8. The third-order valence-corrected chi connectivity index (χ3v) is 6.02. The van der Waals surface area contributed by atoms with E-state index in [1.807, 2.05) is 48.5 Å². The molecule has 5 rings (SSSR count). The van der Waals surface area contributed by atoms with Gasteiger partial charge in [-0.3, -0.25) is 15.6 Å². The number of rotatable bonds is 4. The van der Waals surface area contributed by atoms with Gasteiger partial charge in [-0.15, -0.1) is 0 Å². The maximum Gasteiger partial charge on any atom is 0.290 e. The van der Waals surface area contributed by atoms with Gasteiger partial charge in [0.15, 0.2) is 0 Å². The molecule has 188 valence electrons. The number of benzene rings is 3. The summed E-state index contributed by atoms with van der Waals surface area (Å²) in [6.45, 7) is 1.83. The van der Waals surface area contributed by atoms with Crippen molar-refractivity contribution in [1.29, 1.82) is 10.8 Å². The molecule has 37 heavy (non-hydrogen) atoms. The molecule has 3 aromatic rings. The lowest BCUT2D eigenvalue weighted by Crippen LogP contribution is -2.43. The summed E-state index contributed by atoms with van der Waals surface area (Å²) in [4.78, 5) is 19.4. The molecule has 1 fully saturated rings. The van der Waals surface area contributed by atoms with Crippen LogP contribution in [0.15, 0.2) is 77.8 Å². The Labute approximate surface area is 212 Å². The summed E-state index contributed by atoms with van der Waals surface area (Å²) >= 11 is 0. The molecule has 3 aromatic carbocycles. The highest BCUT2D eigenvalue weighted by molar-refractivity contribution is 6.19. The fourth-order valence-corrected chi connectivity index (χ4v) is 4.30. The molecule has 2 aliphatic heterocycles. The second-order valence-electron chi connectivity index (χ2n) is 8.42. The molecule has 9 nitrogen and oxygen atoms in total. The fraction of sp³-hybridized carbons (Fsp3) is 0.185. The molecule has 0 saturated carbocycles. The largest absolute Gasteiger partial charge is 0.407 e. The van der Waals surface area contributed by atoms with Crippen LogP contribution in [-0.2, 0) is 14.3 Å². The Bertz CT molecular complexity index is 1370. The number of amides is 1. The summed E-state index contributed by atoms with van der Waals surface area (Å²) in [6.07, 6.45) is -1.20. The first-order chi connectivity index (χ1) is 18.0. The minimum atomic E-state index is -1.20. The molecule has 1 atom stereocenters. The molecule has 0 bridgehead atoms. The van der Waals surface area contributed by atoms with Crippen LogP contribution < -0.4 is 15.5 Å². The summed E-state index contributed by atoms with van der Waals surface area (Å²) < 4.78 is 25.5. The van der Waals surface area contributed by atoms with Crippen LogP contribution in [0.1, 0.15) is 16.7 Å². The van der Waals surface area contributed by atoms with E-state index in [1.54, 1.807) is 17.0 Å². The second kappa shape index (κ2) is 10.6. The first-order valence-electron chi connectivity index (χ1n) is 11.8. The average Bonchev–Trinajstić information content (AvgIpc) is 3.05. The van der Waals surface area contributed by atoms with Crippen LogP contribution in [0, 0.1) is 16.6 Å². The van der Waals surface area contributed by atoms with E-state index in [2.05, 4.69) is 15.6 Å². The van der Waals surface area contributed by atoms with Crippen LogP contribution >= 0.6 is 0 Å². The first kappa shape index (κ1) is 24.1. The number of ether oxygens (including phenoxy) is 2. The van der Waals surface area contributed by atoms with Crippen molar-refractivity contribution >= 4 is 34.9 Å². The van der Waals surface area contributed by atoms with Crippen molar-refractivity contribution in [3.8, 4) is 0 Å². The van der Waals surface area contributed by atoms with Gasteiger partial charge in [-0.2, -0.15) is 0 Å². The van der Waals surface area contributed by atoms with E-state index in [9.17, 15) is 9.18 Å². The van der Waals surface area contributed by atoms with Crippen molar-refractivity contribution in [3.63, 3.8) is 0 Å². The van der Waals surface area contributed by atoms with E-state index in [-0.39, 0.29) is 11.3 Å². The summed E-state index contributed by atoms with van der Waals surface area (Å²) in [7, 11) is 0. The Morgan fingerprint density at radius 1 is 1.03 bits per heavy atom. The van der Waals surface area contributed by atoms with Crippen LogP contribution in [-0.4, -0.2) is 56.0 Å². The van der Waals surface area contributed by atoms with Crippen molar-refractivity contribution in [2.45, 2.75) is 6.17 Å². The van der Waals surface area contributed by atoms with E-state index in [1.165, 1.54) is 12.1 Å². The number of benzodiazepines with no additional fused rings is 1. The SMILES string of the molecule is N=C(NC1N=C(c2ccccc2)c2ccccc2NC1=O)OC(=N)c1cccc(F)c1N1CCOCC1. The Morgan fingerprint density at radius 2 is 1.76 bits per heavy atom. The molecule has 0 spiro atoms. The Balaban J connectivity index is 1.38. The Kier molecular flexibility index (Phi) is 6.91. The average molecular weight is 501 g/mol. The summed E-state index contributed by atoms with van der Waals surface area (Å²) in [5.74, 6) is -1.41. The predicted octanol–water partition coefficient (Wildman–Crippen LogP) is 3.34. The lowest BCUT2D eigenvalue weighted by Gasteiger charge is -2.30. The Morgan fingerprint density at radius 3 is 2.54 bits per heavy atom. The summed E-state index contributed by atoms with van der Waals surface area (Å²) in [6, 6.07) is 20.5. The van der Waals surface area contributed by atoms with Crippen LogP contribution in [0.2, 0.25) is 0 Å². The van der Waals surface area contributed by atoms with Crippen molar-refractivity contribution in [1.82, 2.24) is 5.32 Å². The van der Waals surface area contributed by atoms with Crippen molar-refractivity contribution in [3.05, 3.63) is 95.3 Å². The molecule has 0 radical (unpaired) electrons. The van der Waals surface area contributed by atoms with Gasteiger partial charge in [0.2, 0.25) is 12.1 Å². The molecule has 0 aromatic heterocycles. The number of halogens is 1. The summed E-state index contributed by atoms with van der Waals surface area (Å²) in [5, 5.41) is 22.2. The lowest BCUT2D eigenvalue weighted by atomic mass is 10.0. The maximum atomic E-state index is 14.8. The smallest absolute Gasteiger partial charge is 0.290 e. The molecule has 1 unspecified atom stereocenters. The van der Waals surface area contributed by atoms with E-state index >= 15 is 0 Å². The molecule has 2 aliphatic rings. The zero-order valence-electron chi connectivity index (χ0n) is 19.8. The van der Waals surface area contributed by atoms with Crippen molar-refractivity contribution in [2.75, 3.05) is 36.5 Å². The lowest BCUT2D eigenvalue weighted by molar-refractivity contribution is -0.117. The standard InChI is InChI=1S/C27H25FN6O3/c28-20-11-6-10-19(23(20)34-13-15-36-16-14-34)24(29)37-27(30)33-25-26(35)31-21-12-5-4-9-18(21)22(32-25)17-7-2-1-3-8-17/h1-12,25,29H,13-16H2,(H2,30,33)(H,31,35). The zero-order chi connectivity index (χ0) is 25.8. The van der Waals surface area contributed by atoms with Gasteiger partial charge in [0, 0.05) is 24.2 Å². The molecule has 1 amide bonds. The second-order valence-corrected chi connectivity index (χ2v) is 8.42. The van der Waals surface area contributed by atoms with Crippen molar-refractivity contribution in [2.24, 2.45) is 4.99 Å². The van der Waals surface area contributed by atoms with Gasteiger partial charge in [-0.25, -0.2) is 9.38 Å². The topological polar surface area (TPSA) is 123 Å². The van der Waals surface area contributed by atoms with Gasteiger partial charge in [0.05, 0.1) is 35.9 Å². The number of nitrogens with zero attached hydrogens (tertiary/aromatic N) is 2. The highest BCUT2D eigenvalue weighted by atomic mass is 19.1. The molecule has 10 heteroatoms. The number of amidine groups is 1. The predicted molar refractivity (Wildman–Crippen MR) is 139 cm³/mol. The van der Waals surface area contributed by atoms with E-state index in [4.69, 9.17) is 20.3 Å². The van der Waals surface area contributed by atoms with E-state index in [0.29, 0.717) is 37.7 Å². The fourth-order valence-electron chi connectivity index (χ4n) is 4.30. The number of hydrogen-bond donors (Lipinski definition) is 4. The number of carbonyl (C=O) groups is 1. The van der Waals surface area contributed by atoms with E-state index < -0.39 is 29.8 Å². The number of fused-ring (bicyclic) bond motifs is 1. The number of hydrogen-bond acceptors (Lipinski definition) is 7. The highest BCUT2D eigenvalue weighted by Crippen LogP contribution is 2.27. The summed E-state index contributed by atoms with van der Waals surface area (Å²) in [5.41, 5.74) is 3.11. The number of carbonyl (C=O) groups excluding carboxylic acids is 1. The number of anilines is 2. The number of para-hydroxylation sites is 2. The molecule has 0 aliphatic carbocycles. The van der Waals surface area contributed by atoms with Crippen LogP contribution in [0.5, 0.6) is 0 Å². The third kappa shape index (κ3) is 5.19. The minimum Gasteiger partial charge on any atom is -0.407 e. The van der Waals surface area contributed by atoms with Crippen LogP contribution in [0.4, 0.5) is 15.8 Å². The van der Waals surface area contributed by atoms with Gasteiger partial charge < -0.3 is 25.0 Å². The normalized spacial score (nSPS) is 17.1. The van der Waals surface area contributed by atoms with Crippen molar-refractivity contribution < 1.29 is 18.7 Å². The highest BCUT2D eigenvalue weighted by Gasteiger charge is 2.28. The molecule has 1 saturated heterocycles. The molecule has 4 N–H and O–H groups in total. The van der Waals surface area contributed by atoms with Gasteiger partial charge in [0.25, 0.3) is 11.9 Å². The minimum absolute atomic E-state index is 0.194. The van der Waals surface area contributed by atoms with Gasteiger partial charge in [-0.05, 0) is 18.2 Å². The number of aliphatic imine (C=N–C) groups is 1. The van der Waals surface area contributed by atoms with Crippen LogP contribution in [0.3, 0.4) is 0 Å². The molecular formula is C27H25FN6O3. The quantitative estimate of drug-likeness (QED) is 0.323. The van der Waals surface area contributed by atoms with Gasteiger partial charge in [0.1, 0.15) is 5.82 Å². The first-order valence-corrected chi connectivity index (χ1v) is 11.8. The third-order valence-electron chi connectivity index (χ3n) is 6.02. The van der Waals surface area contributed by atoms with Gasteiger partial charge in [-0.1, -0.05) is 54.6 Å². The molecule has 2 heterocycles.